The van der Waals surface area contributed by atoms with Crippen LogP contribution in [0.3, 0.4) is 0 Å². The third kappa shape index (κ3) is 19.7. The lowest BCUT2D eigenvalue weighted by molar-refractivity contribution is -0.265. The normalized spacial score (nSPS) is 37.9. The zero-order valence-corrected chi connectivity index (χ0v) is 52.7. The molecule has 0 aromatic carbocycles. The summed E-state index contributed by atoms with van der Waals surface area (Å²) in [4.78, 5) is 107. The Kier molecular flexibility index (Phi) is 27.7. The van der Waals surface area contributed by atoms with E-state index in [1.54, 1.807) is 41.1 Å². The van der Waals surface area contributed by atoms with Crippen LogP contribution in [0, 0.1) is 59.2 Å². The summed E-state index contributed by atoms with van der Waals surface area (Å²) >= 11 is 0. The zero-order valence-electron chi connectivity index (χ0n) is 52.7. The molecule has 2 saturated carbocycles. The fourth-order valence-electron chi connectivity index (χ4n) is 13.7. The molecule has 3 amide bonds. The molecular weight excluding hydrogens is 1090 g/mol. The highest BCUT2D eigenvalue weighted by Gasteiger charge is 2.53. The fraction of sp³-hybridized carbons (Fsp3) is 0.758. The summed E-state index contributed by atoms with van der Waals surface area (Å²) < 4.78 is 29.4. The SMILES string of the molecule is CO[C@H]1C[C@@H]2CC[C@@H](C)[C@@](O)(O2)C(=O)C(=O)N2CCCC[C@H]2C(=O)O[C@H]([C@H](C)C[C@@H]2CC[C@@H](O)[C@H](OC)C2)CC(=O)[C@H](C)/C=C(\C)[C@@H](O)[C@@H](OC)C(=O)[C@H](C)C[C@H](C)/C=C/C=CC=C1C.C[C@@H]1C[C@@H]([C@H](O)CC2CC(=O)NC(=O)C2)C(=O)[C@@H](C)C1. The number of ether oxygens (including phenoxy) is 5. The number of esters is 1. The van der Waals surface area contributed by atoms with Crippen molar-refractivity contribution in [2.24, 2.45) is 59.2 Å². The second kappa shape index (κ2) is 33.1. The lowest BCUT2D eigenvalue weighted by Gasteiger charge is -2.42. The highest BCUT2D eigenvalue weighted by molar-refractivity contribution is 6.39. The number of amides is 3. The summed E-state index contributed by atoms with van der Waals surface area (Å²) in [5.41, 5.74) is 1.27. The van der Waals surface area contributed by atoms with Gasteiger partial charge in [0.2, 0.25) is 17.6 Å². The molecule has 3 saturated heterocycles. The van der Waals surface area contributed by atoms with Gasteiger partial charge >= 0.3 is 5.97 Å². The van der Waals surface area contributed by atoms with Crippen molar-refractivity contribution in [2.45, 2.75) is 232 Å². The van der Waals surface area contributed by atoms with Crippen LogP contribution in [0.25, 0.3) is 0 Å². The quantitative estimate of drug-likeness (QED) is 0.0659. The minimum Gasteiger partial charge on any atom is -0.460 e. The van der Waals surface area contributed by atoms with Crippen LogP contribution in [0.1, 0.15) is 171 Å². The molecule has 85 heavy (non-hydrogen) atoms. The van der Waals surface area contributed by atoms with Crippen molar-refractivity contribution in [3.8, 4) is 0 Å². The van der Waals surface area contributed by atoms with Gasteiger partial charge in [-0.15, -0.1) is 0 Å². The summed E-state index contributed by atoms with van der Waals surface area (Å²) in [5.74, 6) is -8.46. The second-order valence-electron chi connectivity index (χ2n) is 26.1. The number of piperidine rings is 2. The number of fused-ring (bicyclic) bond motifs is 3. The first-order valence-corrected chi connectivity index (χ1v) is 31.3. The molecule has 0 aromatic heterocycles. The lowest BCUT2D eigenvalue weighted by Crippen LogP contribution is -2.61. The number of carbonyl (C=O) groups excluding carboxylic acids is 8. The summed E-state index contributed by atoms with van der Waals surface area (Å²) in [6, 6.07) is -1.14. The molecule has 2 bridgehead atoms. The van der Waals surface area contributed by atoms with E-state index in [9.17, 15) is 58.8 Å². The Morgan fingerprint density at radius 2 is 1.41 bits per heavy atom. The van der Waals surface area contributed by atoms with Gasteiger partial charge in [-0.2, -0.15) is 0 Å². The number of hydrogen-bond donors (Lipinski definition) is 5. The Morgan fingerprint density at radius 1 is 0.729 bits per heavy atom. The van der Waals surface area contributed by atoms with E-state index in [1.807, 2.05) is 65.0 Å². The molecule has 0 aromatic rings. The van der Waals surface area contributed by atoms with E-state index in [-0.39, 0.29) is 103 Å². The van der Waals surface area contributed by atoms with E-state index in [2.05, 4.69) is 12.2 Å². The smallest absolute Gasteiger partial charge is 0.329 e. The minimum atomic E-state index is -2.43. The molecule has 0 radical (unpaired) electrons. The van der Waals surface area contributed by atoms with Gasteiger partial charge < -0.3 is 49.0 Å². The summed E-state index contributed by atoms with van der Waals surface area (Å²) in [5, 5.41) is 46.4. The van der Waals surface area contributed by atoms with Gasteiger partial charge in [0.1, 0.15) is 35.9 Å². The van der Waals surface area contributed by atoms with Crippen LogP contribution >= 0.6 is 0 Å². The maximum absolute atomic E-state index is 14.4. The topological polar surface area (TPSA) is 279 Å². The number of nitrogens with one attached hydrogen (secondary N) is 1. The molecule has 2 aliphatic carbocycles. The van der Waals surface area contributed by atoms with Gasteiger partial charge in [0.05, 0.1) is 30.5 Å². The first kappa shape index (κ1) is 71.2. The number of cyclic esters (lactones) is 1. The van der Waals surface area contributed by atoms with Crippen molar-refractivity contribution in [1.29, 1.82) is 0 Å². The fourth-order valence-corrected chi connectivity index (χ4v) is 13.7. The van der Waals surface area contributed by atoms with E-state index in [0.29, 0.717) is 82.1 Å². The maximum atomic E-state index is 14.4. The van der Waals surface area contributed by atoms with E-state index in [4.69, 9.17) is 23.7 Å². The van der Waals surface area contributed by atoms with E-state index >= 15 is 0 Å². The second-order valence-corrected chi connectivity index (χ2v) is 26.1. The number of carbonyl (C=O) groups is 8. The molecule has 478 valence electrons. The van der Waals surface area contributed by atoms with Crippen molar-refractivity contribution in [2.75, 3.05) is 27.9 Å². The van der Waals surface area contributed by atoms with E-state index in [0.717, 1.165) is 18.4 Å². The predicted octanol–water partition coefficient (Wildman–Crippen LogP) is 7.22. The Balaban J connectivity index is 0.000000552. The summed E-state index contributed by atoms with van der Waals surface area (Å²) in [7, 11) is 4.52. The monoisotopic (exact) mass is 1190 g/mol. The predicted molar refractivity (Wildman–Crippen MR) is 318 cm³/mol. The number of allylic oxidation sites excluding steroid dienone is 6. The number of imide groups is 1. The number of aliphatic hydroxyl groups is 4. The van der Waals surface area contributed by atoms with E-state index < -0.39 is 90.0 Å². The third-order valence-electron chi connectivity index (χ3n) is 19.0. The molecule has 6 aliphatic rings. The van der Waals surface area contributed by atoms with Crippen molar-refractivity contribution >= 4 is 46.8 Å². The number of methoxy groups -OCH3 is 3. The molecule has 4 heterocycles. The van der Waals surface area contributed by atoms with Crippen molar-refractivity contribution in [3.05, 3.63) is 47.6 Å². The van der Waals surface area contributed by atoms with Crippen LogP contribution < -0.4 is 5.32 Å². The molecule has 19 nitrogen and oxygen atoms in total. The van der Waals surface area contributed by atoms with Crippen LogP contribution in [0.4, 0.5) is 0 Å². The van der Waals surface area contributed by atoms with Gasteiger partial charge in [0.25, 0.3) is 11.7 Å². The van der Waals surface area contributed by atoms with Crippen LogP contribution in [0.15, 0.2) is 47.6 Å². The van der Waals surface area contributed by atoms with Crippen LogP contribution in [-0.2, 0) is 62.0 Å². The number of aliphatic hydroxyl groups excluding tert-OH is 3. The Hall–Kier alpha value is -4.60. The lowest BCUT2D eigenvalue weighted by atomic mass is 9.71. The molecule has 4 aliphatic heterocycles. The number of Topliss-reactive ketones (excluding diaryl/α,β-unsaturated/α-hetero) is 4. The average molecular weight is 1200 g/mol. The van der Waals surface area contributed by atoms with Gasteiger partial charge in [0, 0.05) is 83.1 Å². The van der Waals surface area contributed by atoms with Gasteiger partial charge in [-0.1, -0.05) is 84.9 Å². The first-order valence-electron chi connectivity index (χ1n) is 31.3. The largest absolute Gasteiger partial charge is 0.460 e. The molecule has 19 atom stereocenters. The minimum absolute atomic E-state index is 0.00492. The standard InChI is InChI=1S/C51H79NO13.C15H23NO4/c1-30-16-12-11-13-17-31(2)42(61-8)28-38-21-19-36(7)51(60,65-38)48(57)49(58)52-23-15-14-18-39(52)50(59)64-43(33(4)26-37-20-22-40(53)44(27-37)62-9)29-41(54)32(3)25-35(6)46(56)47(63-10)45(55)34(5)24-30;1-8-3-9(2)15(20)11(4-8)12(17)5-10-6-13(18)16-14(19)7-10/h11-13,16-17,25,30,32-34,36-40,42-44,46-47,53,56,60H,14-15,18-24,26-29H2,1-10H3;8-12,17H,3-7H2,1-2H3,(H,16,18,19)/b13-11?,16-12+,31-17?,35-25+;/t30-,32-,33-,34-,36-,37+,38+,39+,40-,42+,43+,44-,46-,47+,51-;8-,9-,11-,12+/m10/s1. The molecule has 5 N–H and O–H groups in total. The zero-order chi connectivity index (χ0) is 63.0. The van der Waals surface area contributed by atoms with Crippen molar-refractivity contribution in [3.63, 3.8) is 0 Å². The Morgan fingerprint density at radius 3 is 2.07 bits per heavy atom. The molecular formula is C66H102N2O17. The number of nitrogens with zero attached hydrogens (tertiary/aromatic N) is 1. The third-order valence-corrected chi connectivity index (χ3v) is 19.0. The van der Waals surface area contributed by atoms with Crippen LogP contribution in [0.5, 0.6) is 0 Å². The number of ketones is 4. The molecule has 5 fully saturated rings. The molecule has 0 unspecified atom stereocenters. The average Bonchev–Trinajstić information content (AvgIpc) is 3.65. The Bertz CT molecular complexity index is 2420. The Labute approximate surface area is 504 Å². The number of rotatable bonds is 9. The molecule has 0 spiro atoms. The highest BCUT2D eigenvalue weighted by atomic mass is 16.6. The van der Waals surface area contributed by atoms with Gasteiger partial charge in [-0.25, -0.2) is 4.79 Å². The van der Waals surface area contributed by atoms with Gasteiger partial charge in [-0.3, -0.25) is 38.9 Å². The van der Waals surface area contributed by atoms with E-state index in [1.165, 1.54) is 12.0 Å². The van der Waals surface area contributed by atoms with Crippen LogP contribution in [0.2, 0.25) is 0 Å². The molecule has 19 heteroatoms. The highest BCUT2D eigenvalue weighted by Crippen LogP contribution is 2.39. The summed E-state index contributed by atoms with van der Waals surface area (Å²) in [6.07, 6.45) is 12.9. The van der Waals surface area contributed by atoms with Gasteiger partial charge in [-0.05, 0) is 138 Å². The number of hydrogen-bond acceptors (Lipinski definition) is 17. The first-order chi connectivity index (χ1) is 40.1. The molecule has 6 rings (SSSR count). The van der Waals surface area contributed by atoms with Gasteiger partial charge in [0.15, 0.2) is 5.78 Å². The maximum Gasteiger partial charge on any atom is 0.329 e. The summed E-state index contributed by atoms with van der Waals surface area (Å²) in [6.45, 7) is 16.7. The van der Waals surface area contributed by atoms with Crippen molar-refractivity contribution < 1.29 is 82.5 Å². The van der Waals surface area contributed by atoms with Crippen molar-refractivity contribution in [1.82, 2.24) is 10.2 Å². The van der Waals surface area contributed by atoms with Crippen LogP contribution in [-0.4, -0.2) is 161 Å².